The summed E-state index contributed by atoms with van der Waals surface area (Å²) in [7, 11) is 0. The van der Waals surface area contributed by atoms with Crippen molar-refractivity contribution in [2.45, 2.75) is 19.1 Å². The highest BCUT2D eigenvalue weighted by Gasteiger charge is 2.24. The van der Waals surface area contributed by atoms with E-state index in [2.05, 4.69) is 26.9 Å². The van der Waals surface area contributed by atoms with Crippen molar-refractivity contribution in [3.63, 3.8) is 0 Å². The molecule has 0 aromatic rings. The average molecular weight is 307 g/mol. The molecule has 1 fully saturated rings. The summed E-state index contributed by atoms with van der Waals surface area (Å²) in [4.78, 5) is 0. The van der Waals surface area contributed by atoms with Gasteiger partial charge in [0.15, 0.2) is 0 Å². The Morgan fingerprint density at radius 2 is 2.57 bits per heavy atom. The van der Waals surface area contributed by atoms with Crippen LogP contribution >= 0.6 is 20.7 Å². The van der Waals surface area contributed by atoms with E-state index in [0.29, 0.717) is 18.8 Å². The van der Waals surface area contributed by atoms with Gasteiger partial charge >= 0.3 is 0 Å². The second-order valence-corrected chi connectivity index (χ2v) is 5.46. The van der Waals surface area contributed by atoms with Crippen LogP contribution in [-0.4, -0.2) is 29.4 Å². The number of ether oxygens (including phenoxy) is 2. The van der Waals surface area contributed by atoms with Gasteiger partial charge in [0.05, 0.1) is 12.3 Å². The first-order valence-corrected chi connectivity index (χ1v) is 7.10. The van der Waals surface area contributed by atoms with Crippen LogP contribution < -0.4 is 5.32 Å². The Bertz CT molecular complexity index is 294. The molecule has 78 valence electrons. The minimum absolute atomic E-state index is 0.00851. The zero-order valence-corrected chi connectivity index (χ0v) is 10.3. The predicted molar refractivity (Wildman–Crippen MR) is 65.6 cm³/mol. The lowest BCUT2D eigenvalue weighted by Crippen LogP contribution is -2.26. The monoisotopic (exact) mass is 307 g/mol. The van der Waals surface area contributed by atoms with E-state index in [0.717, 1.165) is 18.1 Å². The SMILES string of the molecule is C=C1NC(C)C=IC=C1OCC1CO1. The molecular weight excluding hydrogens is 293 g/mol. The van der Waals surface area contributed by atoms with Crippen LogP contribution in [0.25, 0.3) is 0 Å². The lowest BCUT2D eigenvalue weighted by atomic mass is 10.3. The number of nitrogens with one attached hydrogen (secondary N) is 1. The van der Waals surface area contributed by atoms with Gasteiger partial charge < -0.3 is 14.8 Å². The van der Waals surface area contributed by atoms with Crippen molar-refractivity contribution in [1.82, 2.24) is 5.32 Å². The van der Waals surface area contributed by atoms with Gasteiger partial charge in [0, 0.05) is 10.1 Å². The fourth-order valence-corrected chi connectivity index (χ4v) is 3.00. The third-order valence-electron chi connectivity index (χ3n) is 1.95. The van der Waals surface area contributed by atoms with Gasteiger partial charge in [0.2, 0.25) is 0 Å². The highest BCUT2D eigenvalue weighted by atomic mass is 127. The van der Waals surface area contributed by atoms with Crippen LogP contribution in [-0.2, 0) is 9.47 Å². The molecule has 0 aromatic carbocycles. The van der Waals surface area contributed by atoms with Gasteiger partial charge in [0.25, 0.3) is 0 Å². The standard InChI is InChI=1S/C10H14INO2/c1-7-3-11-4-10(8(2)12-7)14-6-9-5-13-9/h3-4,7,9,12H,2,5-6H2,1H3. The maximum Gasteiger partial charge on any atom is 0.147 e. The molecule has 0 amide bonds. The van der Waals surface area contributed by atoms with E-state index in [-0.39, 0.29) is 20.7 Å². The summed E-state index contributed by atoms with van der Waals surface area (Å²) in [5, 5.41) is 3.28. The normalized spacial score (nSPS) is 30.9. The molecule has 2 atom stereocenters. The maximum absolute atomic E-state index is 5.63. The highest BCUT2D eigenvalue weighted by Crippen LogP contribution is 2.19. The molecule has 2 aliphatic rings. The number of epoxide rings is 1. The van der Waals surface area contributed by atoms with E-state index in [1.54, 1.807) is 0 Å². The molecule has 1 saturated heterocycles. The average Bonchev–Trinajstić information content (AvgIpc) is 2.92. The van der Waals surface area contributed by atoms with Crippen LogP contribution in [0.3, 0.4) is 0 Å². The third-order valence-corrected chi connectivity index (χ3v) is 4.37. The molecule has 2 rings (SSSR count). The second-order valence-electron chi connectivity index (χ2n) is 3.40. The van der Waals surface area contributed by atoms with Crippen molar-refractivity contribution in [1.29, 1.82) is 0 Å². The fourth-order valence-electron chi connectivity index (χ4n) is 1.11. The summed E-state index contributed by atoms with van der Waals surface area (Å²) in [5.74, 6) is 0.911. The summed E-state index contributed by atoms with van der Waals surface area (Å²) >= 11 is -0.00851. The Labute approximate surface area is 93.9 Å². The van der Waals surface area contributed by atoms with Crippen LogP contribution in [0.15, 0.2) is 22.1 Å². The predicted octanol–water partition coefficient (Wildman–Crippen LogP) is 1.52. The molecule has 2 aliphatic heterocycles. The van der Waals surface area contributed by atoms with Gasteiger partial charge in [-0.05, 0) is 10.9 Å². The molecule has 0 spiro atoms. The van der Waals surface area contributed by atoms with E-state index in [1.165, 1.54) is 0 Å². The maximum atomic E-state index is 5.63. The van der Waals surface area contributed by atoms with Gasteiger partial charge in [-0.1, -0.05) is 27.3 Å². The molecule has 0 radical (unpaired) electrons. The Balaban J connectivity index is 1.91. The summed E-state index contributed by atoms with van der Waals surface area (Å²) in [6, 6.07) is 0.407. The second kappa shape index (κ2) is 4.44. The molecular formula is C10H14INO2. The Morgan fingerprint density at radius 3 is 3.29 bits per heavy atom. The van der Waals surface area contributed by atoms with Crippen molar-refractivity contribution in [2.24, 2.45) is 0 Å². The van der Waals surface area contributed by atoms with Crippen molar-refractivity contribution < 1.29 is 9.47 Å². The van der Waals surface area contributed by atoms with Gasteiger partial charge in [-0.3, -0.25) is 0 Å². The van der Waals surface area contributed by atoms with Crippen LogP contribution in [0.4, 0.5) is 0 Å². The molecule has 0 aliphatic carbocycles. The molecule has 0 bridgehead atoms. The van der Waals surface area contributed by atoms with Gasteiger partial charge in [0.1, 0.15) is 18.5 Å². The molecule has 0 aromatic heterocycles. The van der Waals surface area contributed by atoms with Crippen LogP contribution in [0.5, 0.6) is 0 Å². The van der Waals surface area contributed by atoms with E-state index < -0.39 is 0 Å². The van der Waals surface area contributed by atoms with Crippen LogP contribution in [0.2, 0.25) is 0 Å². The molecule has 3 nitrogen and oxygen atoms in total. The molecule has 2 unspecified atom stereocenters. The topological polar surface area (TPSA) is 33.8 Å². The zero-order valence-electron chi connectivity index (χ0n) is 8.13. The van der Waals surface area contributed by atoms with E-state index in [9.17, 15) is 0 Å². The van der Waals surface area contributed by atoms with Crippen molar-refractivity contribution in [3.05, 3.63) is 22.1 Å². The van der Waals surface area contributed by atoms with Crippen molar-refractivity contribution in [3.8, 4) is 0 Å². The first kappa shape index (κ1) is 10.2. The first-order valence-electron chi connectivity index (χ1n) is 4.61. The molecule has 2 heterocycles. The minimum atomic E-state index is -0.00851. The lowest BCUT2D eigenvalue weighted by molar-refractivity contribution is 0.188. The minimum Gasteiger partial charge on any atom is -0.488 e. The number of rotatable bonds is 3. The highest BCUT2D eigenvalue weighted by molar-refractivity contribution is 14.2. The largest absolute Gasteiger partial charge is 0.488 e. The molecule has 4 heteroatoms. The summed E-state index contributed by atoms with van der Waals surface area (Å²) in [6.07, 6.45) is 0.312. The summed E-state index contributed by atoms with van der Waals surface area (Å²) in [5.41, 5.74) is 0.895. The molecule has 1 N–H and O–H groups in total. The number of hydrogen-bond acceptors (Lipinski definition) is 3. The van der Waals surface area contributed by atoms with E-state index in [4.69, 9.17) is 9.47 Å². The van der Waals surface area contributed by atoms with Gasteiger partial charge in [-0.25, -0.2) is 0 Å². The lowest BCUT2D eigenvalue weighted by Gasteiger charge is -2.14. The fraction of sp³-hybridized carbons (Fsp3) is 0.500. The Hall–Kier alpha value is -0.360. The number of hydrogen-bond donors (Lipinski definition) is 1. The zero-order chi connectivity index (χ0) is 9.97. The van der Waals surface area contributed by atoms with Crippen LogP contribution in [0, 0.1) is 0 Å². The van der Waals surface area contributed by atoms with Crippen LogP contribution in [0.1, 0.15) is 6.92 Å². The number of halogens is 1. The van der Waals surface area contributed by atoms with Gasteiger partial charge in [-0.15, -0.1) is 0 Å². The van der Waals surface area contributed by atoms with Gasteiger partial charge in [-0.2, -0.15) is 0 Å². The molecule has 14 heavy (non-hydrogen) atoms. The first-order chi connectivity index (χ1) is 6.75. The summed E-state index contributed by atoms with van der Waals surface area (Å²) in [6.45, 7) is 7.58. The van der Waals surface area contributed by atoms with E-state index in [1.807, 2.05) is 0 Å². The summed E-state index contributed by atoms with van der Waals surface area (Å²) < 4.78 is 15.2. The van der Waals surface area contributed by atoms with Crippen molar-refractivity contribution in [2.75, 3.05) is 13.2 Å². The smallest absolute Gasteiger partial charge is 0.147 e. The van der Waals surface area contributed by atoms with Crippen molar-refractivity contribution >= 4 is 24.7 Å². The quantitative estimate of drug-likeness (QED) is 0.634. The third kappa shape index (κ3) is 2.81. The Morgan fingerprint density at radius 1 is 1.79 bits per heavy atom. The van der Waals surface area contributed by atoms with E-state index >= 15 is 0 Å². The molecule has 0 saturated carbocycles. The Kier molecular flexibility index (Phi) is 3.22.